The Morgan fingerprint density at radius 3 is 2.78 bits per heavy atom. The van der Waals surface area contributed by atoms with E-state index in [-0.39, 0.29) is 23.6 Å². The first kappa shape index (κ1) is 22.9. The van der Waals surface area contributed by atoms with Gasteiger partial charge >= 0.3 is 5.97 Å². The van der Waals surface area contributed by atoms with Gasteiger partial charge in [0, 0.05) is 18.7 Å². The van der Waals surface area contributed by atoms with Crippen molar-refractivity contribution < 1.29 is 19.7 Å². The molecule has 1 unspecified atom stereocenters. The van der Waals surface area contributed by atoms with Gasteiger partial charge in [-0.1, -0.05) is 31.1 Å². The van der Waals surface area contributed by atoms with E-state index in [0.29, 0.717) is 18.1 Å². The van der Waals surface area contributed by atoms with Gasteiger partial charge in [0.1, 0.15) is 0 Å². The van der Waals surface area contributed by atoms with Crippen LogP contribution in [0.5, 0.6) is 0 Å². The molecule has 0 fully saturated rings. The molecule has 0 saturated carbocycles. The van der Waals surface area contributed by atoms with Crippen molar-refractivity contribution >= 4 is 23.8 Å². The number of oxime groups is 1. The zero-order valence-electron chi connectivity index (χ0n) is 18.2. The molecule has 0 radical (unpaired) electrons. The molecular weight excluding hydrogens is 416 g/mol. The number of benzene rings is 1. The first-order valence-electron chi connectivity index (χ1n) is 10.3. The molecule has 0 spiro atoms. The third-order valence-corrected chi connectivity index (χ3v) is 5.30. The van der Waals surface area contributed by atoms with Gasteiger partial charge in [-0.15, -0.1) is 0 Å². The Morgan fingerprint density at radius 2 is 2.16 bits per heavy atom. The van der Waals surface area contributed by atoms with E-state index in [9.17, 15) is 20.1 Å². The highest BCUT2D eigenvalue weighted by Crippen LogP contribution is 2.38. The minimum atomic E-state index is -0.772. The predicted octanol–water partition coefficient (Wildman–Crippen LogP) is 2.93. The molecular formula is C21H26N6O5. The highest BCUT2D eigenvalue weighted by Gasteiger charge is 2.36. The fourth-order valence-corrected chi connectivity index (χ4v) is 3.75. The highest BCUT2D eigenvalue weighted by atomic mass is 16.6. The maximum Gasteiger partial charge on any atom is 0.338 e. The molecule has 3 rings (SSSR count). The smallest absolute Gasteiger partial charge is 0.338 e. The van der Waals surface area contributed by atoms with Crippen LogP contribution in [-0.2, 0) is 16.1 Å². The van der Waals surface area contributed by atoms with Crippen molar-refractivity contribution in [3.63, 3.8) is 0 Å². The summed E-state index contributed by atoms with van der Waals surface area (Å²) in [6.07, 6.45) is 2.80. The number of aromatic nitrogens is 2. The third-order valence-electron chi connectivity index (χ3n) is 5.30. The molecule has 0 amide bonds. The highest BCUT2D eigenvalue weighted by molar-refractivity contribution is 6.00. The average Bonchev–Trinajstić information content (AvgIpc) is 3.19. The van der Waals surface area contributed by atoms with Gasteiger partial charge in [-0.05, 0) is 25.6 Å². The van der Waals surface area contributed by atoms with Crippen LogP contribution in [0.4, 0.5) is 11.6 Å². The molecule has 1 aromatic carbocycles. The Hall–Kier alpha value is -3.73. The van der Waals surface area contributed by atoms with Gasteiger partial charge in [0.15, 0.2) is 0 Å². The maximum absolute atomic E-state index is 13.0. The number of nitro benzene ring substituents is 1. The lowest BCUT2D eigenvalue weighted by Crippen LogP contribution is -2.32. The van der Waals surface area contributed by atoms with E-state index in [4.69, 9.17) is 4.74 Å². The third kappa shape index (κ3) is 4.47. The molecule has 0 saturated heterocycles. The molecule has 1 aliphatic heterocycles. The van der Waals surface area contributed by atoms with Crippen LogP contribution >= 0.6 is 0 Å². The van der Waals surface area contributed by atoms with Crippen molar-refractivity contribution in [2.24, 2.45) is 5.16 Å². The fraction of sp³-hybridized carbons (Fsp3) is 0.381. The molecule has 2 N–H and O–H groups in total. The first-order chi connectivity index (χ1) is 15.4. The SMILES string of the molecule is CCOC(=O)C1=C(C=NO)Nc2ncc(CN(CC)CC)n2C1c1cccc([N+](=O)[O-])c1. The van der Waals surface area contributed by atoms with Crippen LogP contribution in [0.3, 0.4) is 0 Å². The zero-order chi connectivity index (χ0) is 23.3. The lowest BCUT2D eigenvalue weighted by atomic mass is 9.94. The number of nitrogens with zero attached hydrogens (tertiary/aromatic N) is 5. The molecule has 1 aromatic heterocycles. The summed E-state index contributed by atoms with van der Waals surface area (Å²) in [4.78, 5) is 30.6. The number of esters is 1. The van der Waals surface area contributed by atoms with E-state index >= 15 is 0 Å². The molecule has 2 aromatic rings. The normalized spacial score (nSPS) is 15.7. The van der Waals surface area contributed by atoms with Crippen LogP contribution in [0.25, 0.3) is 0 Å². The number of anilines is 1. The topological polar surface area (TPSA) is 135 Å². The number of nitro groups is 1. The molecule has 170 valence electrons. The monoisotopic (exact) mass is 442 g/mol. The summed E-state index contributed by atoms with van der Waals surface area (Å²) in [5.74, 6) is -0.203. The van der Waals surface area contributed by atoms with E-state index in [0.717, 1.165) is 25.0 Å². The van der Waals surface area contributed by atoms with Crippen LogP contribution in [0, 0.1) is 10.1 Å². The van der Waals surface area contributed by atoms with Crippen molar-refractivity contribution in [1.29, 1.82) is 0 Å². The number of fused-ring (bicyclic) bond motifs is 1. The summed E-state index contributed by atoms with van der Waals surface area (Å²) in [5, 5.41) is 26.7. The molecule has 11 nitrogen and oxygen atoms in total. The van der Waals surface area contributed by atoms with Gasteiger partial charge < -0.3 is 19.8 Å². The van der Waals surface area contributed by atoms with Crippen LogP contribution in [0.15, 0.2) is 46.9 Å². The summed E-state index contributed by atoms with van der Waals surface area (Å²) in [7, 11) is 0. The fourth-order valence-electron chi connectivity index (χ4n) is 3.75. The van der Waals surface area contributed by atoms with E-state index < -0.39 is 16.9 Å². The summed E-state index contributed by atoms with van der Waals surface area (Å²) in [6, 6.07) is 5.32. The van der Waals surface area contributed by atoms with Crippen LogP contribution < -0.4 is 5.32 Å². The standard InChI is InChI=1S/C21H26N6O5/c1-4-25(5-2)13-16-11-22-21-24-17(12-23-29)18(20(28)32-6-3)19(26(16)21)14-8-7-9-15(10-14)27(30)31/h7-12,19,29H,4-6,13H2,1-3H3,(H,22,24). The lowest BCUT2D eigenvalue weighted by Gasteiger charge is -2.31. The molecule has 1 atom stereocenters. The van der Waals surface area contributed by atoms with Gasteiger partial charge in [-0.3, -0.25) is 15.0 Å². The van der Waals surface area contributed by atoms with Crippen molar-refractivity contribution in [3.05, 3.63) is 63.1 Å². The molecule has 11 heteroatoms. The zero-order valence-corrected chi connectivity index (χ0v) is 18.2. The molecule has 2 heterocycles. The van der Waals surface area contributed by atoms with Crippen LogP contribution in [0.1, 0.15) is 38.1 Å². The van der Waals surface area contributed by atoms with E-state index in [1.165, 1.54) is 12.1 Å². The predicted molar refractivity (Wildman–Crippen MR) is 118 cm³/mol. The van der Waals surface area contributed by atoms with Crippen molar-refractivity contribution in [3.8, 4) is 0 Å². The number of allylic oxidation sites excluding steroid dienone is 1. The number of imidazole rings is 1. The Morgan fingerprint density at radius 1 is 1.41 bits per heavy atom. The second-order valence-electron chi connectivity index (χ2n) is 7.08. The van der Waals surface area contributed by atoms with Gasteiger partial charge in [0.05, 0.1) is 46.9 Å². The van der Waals surface area contributed by atoms with E-state index in [1.54, 1.807) is 25.3 Å². The van der Waals surface area contributed by atoms with Gasteiger partial charge in [0.25, 0.3) is 5.69 Å². The van der Waals surface area contributed by atoms with Gasteiger partial charge in [-0.2, -0.15) is 0 Å². The second kappa shape index (κ2) is 10.1. The Balaban J connectivity index is 2.25. The quantitative estimate of drug-likeness (QED) is 0.199. The molecule has 0 aliphatic carbocycles. The Bertz CT molecular complexity index is 1060. The molecule has 0 bridgehead atoms. The number of hydrogen-bond donors (Lipinski definition) is 2. The van der Waals surface area contributed by atoms with Gasteiger partial charge in [-0.25, -0.2) is 9.78 Å². The second-order valence-corrected chi connectivity index (χ2v) is 7.08. The van der Waals surface area contributed by atoms with E-state index in [1.807, 2.05) is 18.4 Å². The number of hydrogen-bond acceptors (Lipinski definition) is 9. The number of rotatable bonds is 9. The summed E-state index contributed by atoms with van der Waals surface area (Å²) >= 11 is 0. The molecule has 32 heavy (non-hydrogen) atoms. The Kier molecular flexibility index (Phi) is 7.21. The van der Waals surface area contributed by atoms with Crippen molar-refractivity contribution in [2.45, 2.75) is 33.4 Å². The minimum absolute atomic E-state index is 0.103. The number of carbonyl (C=O) groups excluding carboxylic acids is 1. The van der Waals surface area contributed by atoms with Crippen LogP contribution in [-0.4, -0.2) is 56.5 Å². The lowest BCUT2D eigenvalue weighted by molar-refractivity contribution is -0.384. The van der Waals surface area contributed by atoms with E-state index in [2.05, 4.69) is 20.4 Å². The average molecular weight is 442 g/mol. The maximum atomic E-state index is 13.0. The summed E-state index contributed by atoms with van der Waals surface area (Å²) in [5.41, 5.74) is 1.59. The minimum Gasteiger partial charge on any atom is -0.463 e. The largest absolute Gasteiger partial charge is 0.463 e. The van der Waals surface area contributed by atoms with Gasteiger partial charge in [0.2, 0.25) is 5.95 Å². The number of nitrogens with one attached hydrogen (secondary N) is 1. The summed E-state index contributed by atoms with van der Waals surface area (Å²) in [6.45, 7) is 8.11. The van der Waals surface area contributed by atoms with Crippen LogP contribution in [0.2, 0.25) is 0 Å². The number of ether oxygens (including phenoxy) is 1. The summed E-state index contributed by atoms with van der Waals surface area (Å²) < 4.78 is 7.12. The number of non-ortho nitro benzene ring substituents is 1. The molecule has 1 aliphatic rings. The van der Waals surface area contributed by atoms with Crippen molar-refractivity contribution in [2.75, 3.05) is 25.0 Å². The van der Waals surface area contributed by atoms with Crippen molar-refractivity contribution in [1.82, 2.24) is 14.5 Å². The first-order valence-corrected chi connectivity index (χ1v) is 10.3. The number of carbonyl (C=O) groups is 1. The Labute approximate surface area is 185 Å².